The highest BCUT2D eigenvalue weighted by molar-refractivity contribution is 5.92. The Labute approximate surface area is 140 Å². The number of hydrogen-bond acceptors (Lipinski definition) is 7. The minimum absolute atomic E-state index is 0.124. The number of rotatable bonds is 6. The minimum atomic E-state index is -0.550. The van der Waals surface area contributed by atoms with Crippen molar-refractivity contribution in [3.8, 4) is 5.75 Å². The highest BCUT2D eigenvalue weighted by Gasteiger charge is 2.32. The maximum absolute atomic E-state index is 12.0. The Bertz CT molecular complexity index is 702. The summed E-state index contributed by atoms with van der Waals surface area (Å²) in [6.45, 7) is 1.69. The average Bonchev–Trinajstić information content (AvgIpc) is 2.59. The molecule has 0 saturated carbocycles. The van der Waals surface area contributed by atoms with E-state index in [0.717, 1.165) is 5.56 Å². The highest BCUT2D eigenvalue weighted by atomic mass is 16.5. The van der Waals surface area contributed by atoms with Gasteiger partial charge in [0.25, 0.3) is 0 Å². The topological polar surface area (TPSA) is 73.8 Å². The highest BCUT2D eigenvalue weighted by Crippen LogP contribution is 2.33. The number of methoxy groups -OCH3 is 2. The Kier molecular flexibility index (Phi) is 4.90. The first-order chi connectivity index (χ1) is 11.7. The zero-order valence-corrected chi connectivity index (χ0v) is 13.6. The summed E-state index contributed by atoms with van der Waals surface area (Å²) in [7, 11) is 2.99. The van der Waals surface area contributed by atoms with E-state index in [0.29, 0.717) is 31.3 Å². The molecule has 0 bridgehead atoms. The quantitative estimate of drug-likeness (QED) is 0.746. The van der Waals surface area contributed by atoms with Crippen LogP contribution < -0.4 is 9.64 Å². The number of anilines is 1. The molecule has 0 N–H and O–H groups in total. The SMILES string of the molecule is COC(=O)c1ncnc(N2CC(OC)C2)c1OCc1ccccc1. The lowest BCUT2D eigenvalue weighted by molar-refractivity contribution is 0.0587. The third-order valence-corrected chi connectivity index (χ3v) is 3.87. The second-order valence-electron chi connectivity index (χ2n) is 5.40. The lowest BCUT2D eigenvalue weighted by Gasteiger charge is -2.39. The summed E-state index contributed by atoms with van der Waals surface area (Å²) in [6, 6.07) is 9.70. The zero-order valence-electron chi connectivity index (χ0n) is 13.6. The van der Waals surface area contributed by atoms with Crippen LogP contribution in [0.2, 0.25) is 0 Å². The van der Waals surface area contributed by atoms with Crippen LogP contribution in [0.3, 0.4) is 0 Å². The van der Waals surface area contributed by atoms with Gasteiger partial charge >= 0.3 is 5.97 Å². The van der Waals surface area contributed by atoms with Crippen molar-refractivity contribution in [3.05, 3.63) is 47.9 Å². The van der Waals surface area contributed by atoms with Gasteiger partial charge in [-0.25, -0.2) is 14.8 Å². The number of ether oxygens (including phenoxy) is 3. The molecule has 1 aromatic carbocycles. The second-order valence-corrected chi connectivity index (χ2v) is 5.40. The van der Waals surface area contributed by atoms with Crippen molar-refractivity contribution in [1.29, 1.82) is 0 Å². The molecule has 0 spiro atoms. The van der Waals surface area contributed by atoms with Crippen LogP contribution in [0.5, 0.6) is 5.75 Å². The Hall–Kier alpha value is -2.67. The van der Waals surface area contributed by atoms with Crippen LogP contribution in [-0.4, -0.2) is 49.4 Å². The molecule has 2 heterocycles. The molecule has 2 aromatic rings. The second kappa shape index (κ2) is 7.27. The zero-order chi connectivity index (χ0) is 16.9. The minimum Gasteiger partial charge on any atom is -0.483 e. The van der Waals surface area contributed by atoms with Gasteiger partial charge in [-0.05, 0) is 5.56 Å². The van der Waals surface area contributed by atoms with Crippen LogP contribution in [-0.2, 0) is 16.1 Å². The first-order valence-electron chi connectivity index (χ1n) is 7.60. The molecule has 7 nitrogen and oxygen atoms in total. The molecule has 1 aliphatic heterocycles. The van der Waals surface area contributed by atoms with Gasteiger partial charge in [0.1, 0.15) is 12.9 Å². The van der Waals surface area contributed by atoms with Gasteiger partial charge in [-0.3, -0.25) is 0 Å². The standard InChI is InChI=1S/C17H19N3O4/c1-22-13-8-20(9-13)16-15(14(17(21)23-2)18-11-19-16)24-10-12-6-4-3-5-7-12/h3-7,11,13H,8-10H2,1-2H3. The molecule has 0 amide bonds. The lowest BCUT2D eigenvalue weighted by atomic mass is 10.1. The smallest absolute Gasteiger partial charge is 0.360 e. The molecular weight excluding hydrogens is 310 g/mol. The van der Waals surface area contributed by atoms with Gasteiger partial charge in [-0.1, -0.05) is 30.3 Å². The maximum atomic E-state index is 12.0. The number of benzene rings is 1. The average molecular weight is 329 g/mol. The van der Waals surface area contributed by atoms with Gasteiger partial charge in [0.05, 0.1) is 13.2 Å². The molecule has 24 heavy (non-hydrogen) atoms. The van der Waals surface area contributed by atoms with E-state index in [9.17, 15) is 4.79 Å². The van der Waals surface area contributed by atoms with Crippen LogP contribution in [0.25, 0.3) is 0 Å². The summed E-state index contributed by atoms with van der Waals surface area (Å²) in [6.07, 6.45) is 1.50. The number of carbonyl (C=O) groups excluding carboxylic acids is 1. The normalized spacial score (nSPS) is 14.2. The predicted molar refractivity (Wildman–Crippen MR) is 87.2 cm³/mol. The summed E-state index contributed by atoms with van der Waals surface area (Å²) in [4.78, 5) is 22.3. The van der Waals surface area contributed by atoms with E-state index < -0.39 is 5.97 Å². The molecule has 126 valence electrons. The van der Waals surface area contributed by atoms with E-state index in [1.165, 1.54) is 13.4 Å². The molecule has 1 saturated heterocycles. The molecule has 3 rings (SSSR count). The number of hydrogen-bond donors (Lipinski definition) is 0. The van der Waals surface area contributed by atoms with Crippen molar-refractivity contribution >= 4 is 11.8 Å². The van der Waals surface area contributed by atoms with Gasteiger partial charge < -0.3 is 19.1 Å². The molecular formula is C17H19N3O4. The first kappa shape index (κ1) is 16.2. The monoisotopic (exact) mass is 329 g/mol. The Morgan fingerprint density at radius 1 is 1.21 bits per heavy atom. The van der Waals surface area contributed by atoms with E-state index in [4.69, 9.17) is 14.2 Å². The number of nitrogens with zero attached hydrogens (tertiary/aromatic N) is 3. The summed E-state index contributed by atoms with van der Waals surface area (Å²) in [5, 5.41) is 0. The van der Waals surface area contributed by atoms with Crippen molar-refractivity contribution in [2.24, 2.45) is 0 Å². The molecule has 0 radical (unpaired) electrons. The Balaban J connectivity index is 1.86. The van der Waals surface area contributed by atoms with Crippen molar-refractivity contribution in [1.82, 2.24) is 9.97 Å². The Morgan fingerprint density at radius 3 is 2.62 bits per heavy atom. The van der Waals surface area contributed by atoms with Crippen LogP contribution in [0, 0.1) is 0 Å². The summed E-state index contributed by atoms with van der Waals surface area (Å²) < 4.78 is 16.0. The summed E-state index contributed by atoms with van der Waals surface area (Å²) >= 11 is 0. The number of aromatic nitrogens is 2. The van der Waals surface area contributed by atoms with Crippen LogP contribution in [0.15, 0.2) is 36.7 Å². The van der Waals surface area contributed by atoms with Crippen molar-refractivity contribution in [3.63, 3.8) is 0 Å². The van der Waals surface area contributed by atoms with E-state index in [1.54, 1.807) is 7.11 Å². The molecule has 1 aromatic heterocycles. The fourth-order valence-corrected chi connectivity index (χ4v) is 2.45. The molecule has 0 unspecified atom stereocenters. The molecule has 0 aliphatic carbocycles. The van der Waals surface area contributed by atoms with E-state index >= 15 is 0 Å². The van der Waals surface area contributed by atoms with Gasteiger partial charge in [-0.15, -0.1) is 0 Å². The number of carbonyl (C=O) groups is 1. The van der Waals surface area contributed by atoms with Gasteiger partial charge in [0.15, 0.2) is 17.3 Å². The molecule has 0 atom stereocenters. The molecule has 7 heteroatoms. The fourth-order valence-electron chi connectivity index (χ4n) is 2.45. The van der Waals surface area contributed by atoms with Crippen molar-refractivity contribution in [2.45, 2.75) is 12.7 Å². The predicted octanol–water partition coefficient (Wildman–Crippen LogP) is 1.68. The molecule has 1 fully saturated rings. The van der Waals surface area contributed by atoms with Gasteiger partial charge in [-0.2, -0.15) is 0 Å². The van der Waals surface area contributed by atoms with E-state index in [-0.39, 0.29) is 11.8 Å². The van der Waals surface area contributed by atoms with Crippen LogP contribution in [0.1, 0.15) is 16.1 Å². The van der Waals surface area contributed by atoms with Gasteiger partial charge in [0, 0.05) is 20.2 Å². The first-order valence-corrected chi connectivity index (χ1v) is 7.60. The fraction of sp³-hybridized carbons (Fsp3) is 0.353. The third kappa shape index (κ3) is 3.30. The van der Waals surface area contributed by atoms with Crippen molar-refractivity contribution in [2.75, 3.05) is 32.2 Å². The lowest BCUT2D eigenvalue weighted by Crippen LogP contribution is -2.52. The number of esters is 1. The maximum Gasteiger partial charge on any atom is 0.360 e. The van der Waals surface area contributed by atoms with E-state index in [2.05, 4.69) is 9.97 Å². The third-order valence-electron chi connectivity index (χ3n) is 3.87. The summed E-state index contributed by atoms with van der Waals surface area (Å²) in [5.41, 5.74) is 1.11. The largest absolute Gasteiger partial charge is 0.483 e. The van der Waals surface area contributed by atoms with Crippen LogP contribution >= 0.6 is 0 Å². The van der Waals surface area contributed by atoms with Gasteiger partial charge in [0.2, 0.25) is 0 Å². The molecule has 1 aliphatic rings. The van der Waals surface area contributed by atoms with Crippen molar-refractivity contribution < 1.29 is 19.0 Å². The Morgan fingerprint density at radius 2 is 1.96 bits per heavy atom. The van der Waals surface area contributed by atoms with E-state index in [1.807, 2.05) is 35.2 Å². The van der Waals surface area contributed by atoms with Crippen LogP contribution in [0.4, 0.5) is 5.82 Å². The summed E-state index contributed by atoms with van der Waals surface area (Å²) in [5.74, 6) is 0.364.